The molecule has 0 bridgehead atoms. The second-order valence-electron chi connectivity index (χ2n) is 9.28. The first-order valence-corrected chi connectivity index (χ1v) is 11.8. The zero-order valence-electron chi connectivity index (χ0n) is 18.4. The Morgan fingerprint density at radius 2 is 1.48 bits per heavy atom. The van der Waals surface area contributed by atoms with E-state index >= 15 is 0 Å². The third-order valence-corrected chi connectivity index (χ3v) is 7.49. The average Bonchev–Trinajstić information content (AvgIpc) is 3.40. The second-order valence-corrected chi connectivity index (χ2v) is 9.28. The Bertz CT molecular complexity index is 1530. The highest BCUT2D eigenvalue weighted by Gasteiger charge is 2.37. The Labute approximate surface area is 194 Å². The summed E-state index contributed by atoms with van der Waals surface area (Å²) in [4.78, 5) is 0. The van der Waals surface area contributed by atoms with Crippen LogP contribution in [0, 0.1) is 5.92 Å². The molecule has 33 heavy (non-hydrogen) atoms. The third kappa shape index (κ3) is 2.84. The fraction of sp³-hybridized carbons (Fsp3) is 0.0909. The maximum atomic E-state index is 2.48. The van der Waals surface area contributed by atoms with Gasteiger partial charge in [0.15, 0.2) is 0 Å². The van der Waals surface area contributed by atoms with Crippen molar-refractivity contribution in [3.05, 3.63) is 155 Å². The van der Waals surface area contributed by atoms with Gasteiger partial charge in [0.25, 0.3) is 0 Å². The van der Waals surface area contributed by atoms with E-state index in [2.05, 4.69) is 121 Å². The summed E-state index contributed by atoms with van der Waals surface area (Å²) in [6.07, 6.45) is 12.5. The third-order valence-electron chi connectivity index (χ3n) is 7.49. The van der Waals surface area contributed by atoms with Gasteiger partial charge >= 0.3 is 0 Å². The SMILES string of the molecule is C1=CC2=CC(C3c4ccccc4-c4c3ccc3ccccc43)=C(Cc3ccccc3)C2C=C1. The van der Waals surface area contributed by atoms with Crippen molar-refractivity contribution in [2.45, 2.75) is 12.3 Å². The smallest absolute Gasteiger partial charge is 0.0352 e. The van der Waals surface area contributed by atoms with E-state index in [4.69, 9.17) is 0 Å². The highest BCUT2D eigenvalue weighted by molar-refractivity contribution is 6.02. The van der Waals surface area contributed by atoms with Crippen molar-refractivity contribution in [3.63, 3.8) is 0 Å². The monoisotopic (exact) mass is 420 g/mol. The zero-order chi connectivity index (χ0) is 21.8. The first-order chi connectivity index (χ1) is 16.4. The maximum absolute atomic E-state index is 2.48. The van der Waals surface area contributed by atoms with Crippen molar-refractivity contribution in [2.75, 3.05) is 0 Å². The minimum Gasteiger partial charge on any atom is -0.0729 e. The lowest BCUT2D eigenvalue weighted by Crippen LogP contribution is -2.08. The summed E-state index contributed by atoms with van der Waals surface area (Å²) in [7, 11) is 0. The molecule has 7 rings (SSSR count). The molecule has 0 heterocycles. The van der Waals surface area contributed by atoms with Crippen LogP contribution in [0.15, 0.2) is 138 Å². The van der Waals surface area contributed by atoms with Crippen molar-refractivity contribution in [2.24, 2.45) is 5.92 Å². The molecular formula is C33H24. The number of benzene rings is 4. The largest absolute Gasteiger partial charge is 0.0729 e. The fourth-order valence-electron chi connectivity index (χ4n) is 6.07. The highest BCUT2D eigenvalue weighted by atomic mass is 14.4. The number of rotatable bonds is 3. The summed E-state index contributed by atoms with van der Waals surface area (Å²) in [5, 5.41) is 2.67. The molecule has 0 nitrogen and oxygen atoms in total. The topological polar surface area (TPSA) is 0 Å². The van der Waals surface area contributed by atoms with Crippen LogP contribution in [0.1, 0.15) is 22.6 Å². The number of allylic oxidation sites excluding steroid dienone is 8. The van der Waals surface area contributed by atoms with Crippen LogP contribution in [0.2, 0.25) is 0 Å². The molecule has 0 spiro atoms. The molecule has 0 radical (unpaired) electrons. The molecule has 4 aromatic rings. The summed E-state index contributed by atoms with van der Waals surface area (Å²) in [5.41, 5.74) is 11.5. The molecule has 2 atom stereocenters. The predicted molar refractivity (Wildman–Crippen MR) is 138 cm³/mol. The van der Waals surface area contributed by atoms with Crippen molar-refractivity contribution >= 4 is 10.8 Å². The molecule has 0 N–H and O–H groups in total. The van der Waals surface area contributed by atoms with Gasteiger partial charge in [0.05, 0.1) is 0 Å². The zero-order valence-corrected chi connectivity index (χ0v) is 18.4. The standard InChI is InChI=1S/C33H24/c1-2-10-22(11-3-1)20-30-25-14-6-5-13-24(25)21-31(30)33-28-17-9-8-16-27(28)32-26-15-7-4-12-23(26)18-19-29(32)33/h1-19,21,25,33H,20H2. The summed E-state index contributed by atoms with van der Waals surface area (Å²) >= 11 is 0. The lowest BCUT2D eigenvalue weighted by atomic mass is 9.82. The van der Waals surface area contributed by atoms with E-state index in [0.717, 1.165) is 6.42 Å². The lowest BCUT2D eigenvalue weighted by Gasteiger charge is -2.21. The van der Waals surface area contributed by atoms with Crippen LogP contribution in [-0.2, 0) is 6.42 Å². The minimum absolute atomic E-state index is 0.277. The van der Waals surface area contributed by atoms with Crippen LogP contribution >= 0.6 is 0 Å². The van der Waals surface area contributed by atoms with E-state index in [1.165, 1.54) is 55.3 Å². The van der Waals surface area contributed by atoms with Crippen molar-refractivity contribution < 1.29 is 0 Å². The van der Waals surface area contributed by atoms with Gasteiger partial charge in [-0.15, -0.1) is 0 Å². The van der Waals surface area contributed by atoms with Gasteiger partial charge in [-0.3, -0.25) is 0 Å². The van der Waals surface area contributed by atoms with E-state index in [1.54, 1.807) is 0 Å². The van der Waals surface area contributed by atoms with Crippen LogP contribution in [0.5, 0.6) is 0 Å². The van der Waals surface area contributed by atoms with E-state index in [-0.39, 0.29) is 5.92 Å². The van der Waals surface area contributed by atoms with Crippen LogP contribution in [0.4, 0.5) is 0 Å². The Kier molecular flexibility index (Phi) is 4.14. The Balaban J connectivity index is 1.49. The normalized spacial score (nSPS) is 20.1. The van der Waals surface area contributed by atoms with Crippen molar-refractivity contribution in [1.29, 1.82) is 0 Å². The van der Waals surface area contributed by atoms with Crippen molar-refractivity contribution in [1.82, 2.24) is 0 Å². The summed E-state index contributed by atoms with van der Waals surface area (Å²) < 4.78 is 0. The van der Waals surface area contributed by atoms with E-state index in [1.807, 2.05) is 0 Å². The number of fused-ring (bicyclic) bond motifs is 6. The van der Waals surface area contributed by atoms with Gasteiger partial charge in [0.2, 0.25) is 0 Å². The van der Waals surface area contributed by atoms with E-state index < -0.39 is 0 Å². The quantitative estimate of drug-likeness (QED) is 0.313. The van der Waals surface area contributed by atoms with Gasteiger partial charge in [-0.25, -0.2) is 0 Å². The first-order valence-electron chi connectivity index (χ1n) is 11.8. The predicted octanol–water partition coefficient (Wildman–Crippen LogP) is 8.17. The average molecular weight is 421 g/mol. The first kappa shape index (κ1) is 18.7. The van der Waals surface area contributed by atoms with Crippen LogP contribution in [-0.4, -0.2) is 0 Å². The molecule has 0 saturated heterocycles. The van der Waals surface area contributed by atoms with Gasteiger partial charge < -0.3 is 0 Å². The lowest BCUT2D eigenvalue weighted by molar-refractivity contribution is 0.860. The molecule has 3 aliphatic rings. The van der Waals surface area contributed by atoms with Crippen molar-refractivity contribution in [3.8, 4) is 11.1 Å². The Morgan fingerprint density at radius 3 is 2.42 bits per heavy atom. The van der Waals surface area contributed by atoms with Gasteiger partial charge in [-0.2, -0.15) is 0 Å². The van der Waals surface area contributed by atoms with Gasteiger partial charge in [0, 0.05) is 11.8 Å². The summed E-state index contributed by atoms with van der Waals surface area (Å²) in [5.74, 6) is 0.654. The molecular weight excluding hydrogens is 396 g/mol. The highest BCUT2D eigenvalue weighted by Crippen LogP contribution is 2.54. The Hall–Kier alpha value is -3.90. The molecule has 0 amide bonds. The minimum atomic E-state index is 0.277. The van der Waals surface area contributed by atoms with E-state index in [9.17, 15) is 0 Å². The second kappa shape index (κ2) is 7.32. The molecule has 0 fully saturated rings. The molecule has 156 valence electrons. The molecule has 0 saturated carbocycles. The van der Waals surface area contributed by atoms with Gasteiger partial charge in [0.1, 0.15) is 0 Å². The van der Waals surface area contributed by atoms with Crippen LogP contribution in [0.25, 0.3) is 21.9 Å². The molecule has 0 aliphatic heterocycles. The van der Waals surface area contributed by atoms with Gasteiger partial charge in [-0.05, 0) is 56.2 Å². The van der Waals surface area contributed by atoms with Crippen LogP contribution < -0.4 is 0 Å². The number of hydrogen-bond donors (Lipinski definition) is 0. The molecule has 3 aliphatic carbocycles. The molecule has 2 unspecified atom stereocenters. The summed E-state index contributed by atoms with van der Waals surface area (Å²) in [6.45, 7) is 0. The molecule has 4 aromatic carbocycles. The molecule has 0 heteroatoms. The van der Waals surface area contributed by atoms with E-state index in [0.29, 0.717) is 5.92 Å². The maximum Gasteiger partial charge on any atom is 0.0352 e. The molecule has 0 aromatic heterocycles. The fourth-order valence-corrected chi connectivity index (χ4v) is 6.07. The Morgan fingerprint density at radius 1 is 0.667 bits per heavy atom. The van der Waals surface area contributed by atoms with Crippen LogP contribution in [0.3, 0.4) is 0 Å². The summed E-state index contributed by atoms with van der Waals surface area (Å²) in [6, 6.07) is 33.5. The number of hydrogen-bond acceptors (Lipinski definition) is 0. The van der Waals surface area contributed by atoms with Gasteiger partial charge in [-0.1, -0.05) is 127 Å².